The van der Waals surface area contributed by atoms with Crippen LogP contribution in [0.4, 0.5) is 0 Å². The molecule has 1 aromatic carbocycles. The Balaban J connectivity index is 1.60. The molecule has 2 nitrogen and oxygen atoms in total. The van der Waals surface area contributed by atoms with Crippen LogP contribution in [-0.2, 0) is 11.3 Å². The van der Waals surface area contributed by atoms with Crippen molar-refractivity contribution >= 4 is 0 Å². The highest BCUT2D eigenvalue weighted by molar-refractivity contribution is 5.14. The van der Waals surface area contributed by atoms with E-state index in [0.29, 0.717) is 12.2 Å². The number of hydrogen-bond acceptors (Lipinski definition) is 2. The average Bonchev–Trinajstić information content (AvgIpc) is 2.99. The van der Waals surface area contributed by atoms with E-state index in [2.05, 4.69) is 36.5 Å². The van der Waals surface area contributed by atoms with Crippen molar-refractivity contribution in [3.8, 4) is 0 Å². The molecule has 0 amide bonds. The van der Waals surface area contributed by atoms with Gasteiger partial charge in [-0.1, -0.05) is 43.7 Å². The number of ether oxygens (including phenoxy) is 1. The van der Waals surface area contributed by atoms with Crippen molar-refractivity contribution in [3.05, 3.63) is 35.9 Å². The fraction of sp³-hybridized carbons (Fsp3) is 0.538. The maximum absolute atomic E-state index is 5.53. The molecule has 0 bridgehead atoms. The Bertz CT molecular complexity index is 286. The summed E-state index contributed by atoms with van der Waals surface area (Å²) in [5.74, 6) is 0. The zero-order chi connectivity index (χ0) is 10.5. The molecule has 0 saturated carbocycles. The number of nitrogens with one attached hydrogen (secondary N) is 1. The van der Waals surface area contributed by atoms with Crippen LogP contribution < -0.4 is 5.32 Å². The van der Waals surface area contributed by atoms with Gasteiger partial charge in [0.25, 0.3) is 0 Å². The normalized spacial score (nSPS) is 24.1. The monoisotopic (exact) mass is 205 g/mol. The molecule has 1 fully saturated rings. The Kier molecular flexibility index (Phi) is 3.75. The van der Waals surface area contributed by atoms with Crippen LogP contribution in [0.15, 0.2) is 30.3 Å². The maximum Gasteiger partial charge on any atom is 0.0965 e. The molecule has 0 aromatic heterocycles. The molecular formula is C13H19NO. The minimum atomic E-state index is 0.466. The molecule has 2 atom stereocenters. The van der Waals surface area contributed by atoms with Crippen molar-refractivity contribution in [1.82, 2.24) is 5.32 Å². The average molecular weight is 205 g/mol. The second kappa shape index (κ2) is 5.29. The van der Waals surface area contributed by atoms with E-state index in [4.69, 9.17) is 4.74 Å². The molecule has 0 aliphatic carbocycles. The van der Waals surface area contributed by atoms with Gasteiger partial charge in [-0.05, 0) is 12.0 Å². The van der Waals surface area contributed by atoms with E-state index in [1.807, 2.05) is 6.07 Å². The van der Waals surface area contributed by atoms with E-state index in [1.165, 1.54) is 18.4 Å². The third-order valence-corrected chi connectivity index (χ3v) is 2.78. The van der Waals surface area contributed by atoms with Crippen molar-refractivity contribution < 1.29 is 4.74 Å². The Morgan fingerprint density at radius 2 is 2.00 bits per heavy atom. The van der Waals surface area contributed by atoms with Crippen LogP contribution in [0, 0.1) is 0 Å². The SMILES string of the molecule is CCC[C@H]1O[C@@H]1CNCc1ccccc1. The molecule has 0 spiro atoms. The van der Waals surface area contributed by atoms with Gasteiger partial charge >= 0.3 is 0 Å². The van der Waals surface area contributed by atoms with Gasteiger partial charge in [-0.3, -0.25) is 0 Å². The van der Waals surface area contributed by atoms with Gasteiger partial charge in [-0.15, -0.1) is 0 Å². The van der Waals surface area contributed by atoms with Crippen LogP contribution in [0.2, 0.25) is 0 Å². The highest BCUT2D eigenvalue weighted by atomic mass is 16.6. The molecule has 1 saturated heterocycles. The number of epoxide rings is 1. The van der Waals surface area contributed by atoms with E-state index >= 15 is 0 Å². The quantitative estimate of drug-likeness (QED) is 0.721. The van der Waals surface area contributed by atoms with Crippen LogP contribution in [0.3, 0.4) is 0 Å². The van der Waals surface area contributed by atoms with Gasteiger partial charge in [-0.25, -0.2) is 0 Å². The number of benzene rings is 1. The lowest BCUT2D eigenvalue weighted by Crippen LogP contribution is -2.20. The fourth-order valence-corrected chi connectivity index (χ4v) is 1.85. The number of hydrogen-bond donors (Lipinski definition) is 1. The summed E-state index contributed by atoms with van der Waals surface area (Å²) in [4.78, 5) is 0. The van der Waals surface area contributed by atoms with Gasteiger partial charge in [0.2, 0.25) is 0 Å². The summed E-state index contributed by atoms with van der Waals surface area (Å²) < 4.78 is 5.53. The first kappa shape index (κ1) is 10.7. The molecule has 1 aromatic rings. The second-order valence-electron chi connectivity index (χ2n) is 4.12. The minimum Gasteiger partial charge on any atom is -0.368 e. The largest absolute Gasteiger partial charge is 0.368 e. The third kappa shape index (κ3) is 3.33. The van der Waals surface area contributed by atoms with Gasteiger partial charge < -0.3 is 10.1 Å². The van der Waals surface area contributed by atoms with Gasteiger partial charge in [0.05, 0.1) is 12.2 Å². The van der Waals surface area contributed by atoms with Crippen molar-refractivity contribution in [2.24, 2.45) is 0 Å². The molecule has 15 heavy (non-hydrogen) atoms. The van der Waals surface area contributed by atoms with E-state index < -0.39 is 0 Å². The highest BCUT2D eigenvalue weighted by Gasteiger charge is 2.36. The van der Waals surface area contributed by atoms with Crippen LogP contribution in [-0.4, -0.2) is 18.8 Å². The van der Waals surface area contributed by atoms with Crippen LogP contribution in [0.1, 0.15) is 25.3 Å². The van der Waals surface area contributed by atoms with Crippen LogP contribution in [0.25, 0.3) is 0 Å². The fourth-order valence-electron chi connectivity index (χ4n) is 1.85. The predicted octanol–water partition coefficient (Wildman–Crippen LogP) is 2.34. The number of rotatable bonds is 6. The zero-order valence-corrected chi connectivity index (χ0v) is 9.28. The molecule has 1 aliphatic heterocycles. The summed E-state index contributed by atoms with van der Waals surface area (Å²) in [5.41, 5.74) is 1.34. The second-order valence-corrected chi connectivity index (χ2v) is 4.12. The Morgan fingerprint density at radius 3 is 2.73 bits per heavy atom. The Labute approximate surface area is 91.6 Å². The lowest BCUT2D eigenvalue weighted by atomic mass is 10.2. The molecule has 0 unspecified atom stereocenters. The maximum atomic E-state index is 5.53. The summed E-state index contributed by atoms with van der Waals surface area (Å²) >= 11 is 0. The van der Waals surface area contributed by atoms with Gasteiger partial charge in [-0.2, -0.15) is 0 Å². The molecule has 2 heteroatoms. The van der Waals surface area contributed by atoms with Gasteiger partial charge in [0.1, 0.15) is 0 Å². The molecule has 1 N–H and O–H groups in total. The summed E-state index contributed by atoms with van der Waals surface area (Å²) in [7, 11) is 0. The van der Waals surface area contributed by atoms with E-state index in [9.17, 15) is 0 Å². The van der Waals surface area contributed by atoms with Crippen molar-refractivity contribution in [2.75, 3.05) is 6.54 Å². The highest BCUT2D eigenvalue weighted by Crippen LogP contribution is 2.25. The summed E-state index contributed by atoms with van der Waals surface area (Å²) in [6.45, 7) is 4.13. The van der Waals surface area contributed by atoms with Crippen LogP contribution >= 0.6 is 0 Å². The summed E-state index contributed by atoms with van der Waals surface area (Å²) in [5, 5.41) is 3.43. The minimum absolute atomic E-state index is 0.466. The van der Waals surface area contributed by atoms with E-state index in [1.54, 1.807) is 0 Å². The van der Waals surface area contributed by atoms with Crippen molar-refractivity contribution in [1.29, 1.82) is 0 Å². The first-order valence-electron chi connectivity index (χ1n) is 5.80. The van der Waals surface area contributed by atoms with E-state index in [0.717, 1.165) is 13.1 Å². The Hall–Kier alpha value is -0.860. The Morgan fingerprint density at radius 1 is 1.20 bits per heavy atom. The summed E-state index contributed by atoms with van der Waals surface area (Å²) in [6, 6.07) is 10.5. The molecule has 1 heterocycles. The smallest absolute Gasteiger partial charge is 0.0965 e. The van der Waals surface area contributed by atoms with Crippen LogP contribution in [0.5, 0.6) is 0 Å². The topological polar surface area (TPSA) is 24.6 Å². The zero-order valence-electron chi connectivity index (χ0n) is 9.28. The first-order valence-corrected chi connectivity index (χ1v) is 5.80. The van der Waals surface area contributed by atoms with Gasteiger partial charge in [0, 0.05) is 13.1 Å². The third-order valence-electron chi connectivity index (χ3n) is 2.78. The molecule has 2 rings (SSSR count). The van der Waals surface area contributed by atoms with E-state index in [-0.39, 0.29) is 0 Å². The first-order chi connectivity index (χ1) is 7.40. The lowest BCUT2D eigenvalue weighted by molar-refractivity contribution is 0.356. The lowest BCUT2D eigenvalue weighted by Gasteiger charge is -2.02. The van der Waals surface area contributed by atoms with Crippen molar-refractivity contribution in [3.63, 3.8) is 0 Å². The standard InChI is InChI=1S/C13H19NO/c1-2-6-12-13(15-12)10-14-9-11-7-4-3-5-8-11/h3-5,7-8,12-14H,2,6,9-10H2,1H3/t12-,13-/m1/s1. The van der Waals surface area contributed by atoms with Crippen molar-refractivity contribution in [2.45, 2.75) is 38.5 Å². The predicted molar refractivity (Wildman–Crippen MR) is 61.7 cm³/mol. The molecule has 0 radical (unpaired) electrons. The summed E-state index contributed by atoms with van der Waals surface area (Å²) in [6.07, 6.45) is 3.42. The molecule has 82 valence electrons. The molecule has 1 aliphatic rings. The van der Waals surface area contributed by atoms with Gasteiger partial charge in [0.15, 0.2) is 0 Å². The molecular weight excluding hydrogens is 186 g/mol.